The van der Waals surface area contributed by atoms with E-state index in [2.05, 4.69) is 9.97 Å². The normalized spacial score (nSPS) is 15.4. The highest BCUT2D eigenvalue weighted by Gasteiger charge is 2.22. The molecule has 0 unspecified atom stereocenters. The number of carbonyl (C=O) groups is 1. The van der Waals surface area contributed by atoms with Gasteiger partial charge in [0.15, 0.2) is 6.29 Å². The second-order valence-electron chi connectivity index (χ2n) is 3.17. The summed E-state index contributed by atoms with van der Waals surface area (Å²) in [6.45, 7) is 0.695. The number of ether oxygens (including phenoxy) is 1. The standard InChI is InChI=1S/C9H10N2O2/c12-5-8-3-10-9(11-4-8)13-6-7-1-2-7/h3-5,7H,1-2,6H2. The van der Waals surface area contributed by atoms with Gasteiger partial charge in [-0.15, -0.1) is 0 Å². The molecule has 0 saturated heterocycles. The first-order valence-corrected chi connectivity index (χ1v) is 4.28. The van der Waals surface area contributed by atoms with Crippen LogP contribution in [0.15, 0.2) is 12.4 Å². The van der Waals surface area contributed by atoms with Crippen LogP contribution in [0, 0.1) is 5.92 Å². The number of rotatable bonds is 4. The van der Waals surface area contributed by atoms with E-state index in [1.54, 1.807) is 0 Å². The third-order valence-electron chi connectivity index (χ3n) is 1.93. The average Bonchev–Trinajstić information content (AvgIpc) is 2.99. The highest BCUT2D eigenvalue weighted by atomic mass is 16.5. The van der Waals surface area contributed by atoms with Crippen molar-refractivity contribution >= 4 is 6.29 Å². The second kappa shape index (κ2) is 3.51. The molecule has 13 heavy (non-hydrogen) atoms. The van der Waals surface area contributed by atoms with Gasteiger partial charge in [0.05, 0.1) is 12.2 Å². The van der Waals surface area contributed by atoms with Gasteiger partial charge < -0.3 is 4.74 Å². The molecule has 0 aromatic carbocycles. The Kier molecular flexibility index (Phi) is 2.21. The fourth-order valence-corrected chi connectivity index (χ4v) is 0.938. The minimum atomic E-state index is 0.359. The minimum Gasteiger partial charge on any atom is -0.463 e. The van der Waals surface area contributed by atoms with E-state index >= 15 is 0 Å². The smallest absolute Gasteiger partial charge is 0.316 e. The first kappa shape index (κ1) is 8.16. The van der Waals surface area contributed by atoms with Crippen molar-refractivity contribution < 1.29 is 9.53 Å². The Labute approximate surface area is 76.0 Å². The summed E-state index contributed by atoms with van der Waals surface area (Å²) in [4.78, 5) is 18.0. The van der Waals surface area contributed by atoms with E-state index in [9.17, 15) is 4.79 Å². The van der Waals surface area contributed by atoms with Crippen molar-refractivity contribution in [2.45, 2.75) is 12.8 Å². The number of hydrogen-bond donors (Lipinski definition) is 0. The van der Waals surface area contributed by atoms with E-state index < -0.39 is 0 Å². The Bertz CT molecular complexity index is 293. The van der Waals surface area contributed by atoms with Gasteiger partial charge in [-0.25, -0.2) is 9.97 Å². The summed E-state index contributed by atoms with van der Waals surface area (Å²) in [5.41, 5.74) is 0.471. The Balaban J connectivity index is 1.91. The maximum Gasteiger partial charge on any atom is 0.316 e. The van der Waals surface area contributed by atoms with Crippen molar-refractivity contribution in [1.82, 2.24) is 9.97 Å². The molecule has 0 amide bonds. The number of carbonyl (C=O) groups excluding carboxylic acids is 1. The van der Waals surface area contributed by atoms with Crippen LogP contribution >= 0.6 is 0 Å². The Morgan fingerprint density at radius 3 is 2.69 bits per heavy atom. The maximum atomic E-state index is 10.3. The van der Waals surface area contributed by atoms with Gasteiger partial charge in [-0.2, -0.15) is 0 Å². The van der Waals surface area contributed by atoms with Crippen LogP contribution in [-0.4, -0.2) is 22.9 Å². The summed E-state index contributed by atoms with van der Waals surface area (Å²) in [5, 5.41) is 0. The molecule has 0 atom stereocenters. The highest BCUT2D eigenvalue weighted by Crippen LogP contribution is 2.28. The van der Waals surface area contributed by atoms with Gasteiger partial charge in [0.25, 0.3) is 0 Å². The zero-order valence-electron chi connectivity index (χ0n) is 7.14. The minimum absolute atomic E-state index is 0.359. The summed E-state index contributed by atoms with van der Waals surface area (Å²) in [6.07, 6.45) is 6.12. The van der Waals surface area contributed by atoms with Gasteiger partial charge in [-0.05, 0) is 18.8 Å². The lowest BCUT2D eigenvalue weighted by Crippen LogP contribution is -2.02. The molecule has 1 aromatic rings. The van der Waals surface area contributed by atoms with Crippen LogP contribution in [0.4, 0.5) is 0 Å². The number of hydrogen-bond acceptors (Lipinski definition) is 4. The molecule has 4 heteroatoms. The summed E-state index contributed by atoms with van der Waals surface area (Å²) in [5.74, 6) is 0.689. The molecular weight excluding hydrogens is 168 g/mol. The van der Waals surface area contributed by atoms with Crippen LogP contribution in [0.3, 0.4) is 0 Å². The SMILES string of the molecule is O=Cc1cnc(OCC2CC2)nc1. The Hall–Kier alpha value is -1.45. The second-order valence-corrected chi connectivity index (χ2v) is 3.17. The van der Waals surface area contributed by atoms with E-state index in [1.807, 2.05) is 0 Å². The molecule has 1 saturated carbocycles. The van der Waals surface area contributed by atoms with Gasteiger partial charge in [0, 0.05) is 12.4 Å². The van der Waals surface area contributed by atoms with Gasteiger partial charge in [-0.3, -0.25) is 4.79 Å². The quantitative estimate of drug-likeness (QED) is 0.647. The molecule has 1 aliphatic carbocycles. The summed E-state index contributed by atoms with van der Waals surface area (Å²) in [7, 11) is 0. The van der Waals surface area contributed by atoms with Crippen LogP contribution in [0.5, 0.6) is 6.01 Å². The lowest BCUT2D eigenvalue weighted by atomic mass is 10.4. The Morgan fingerprint density at radius 2 is 2.15 bits per heavy atom. The topological polar surface area (TPSA) is 52.1 Å². The van der Waals surface area contributed by atoms with Gasteiger partial charge in [0.1, 0.15) is 0 Å². The number of aromatic nitrogens is 2. The van der Waals surface area contributed by atoms with Crippen LogP contribution < -0.4 is 4.74 Å². The Morgan fingerprint density at radius 1 is 1.46 bits per heavy atom. The van der Waals surface area contributed by atoms with Gasteiger partial charge in [0.2, 0.25) is 0 Å². The molecule has 1 aromatic heterocycles. The van der Waals surface area contributed by atoms with E-state index in [0.717, 1.165) is 0 Å². The molecule has 1 heterocycles. The molecule has 2 rings (SSSR count). The van der Waals surface area contributed by atoms with Crippen LogP contribution in [0.1, 0.15) is 23.2 Å². The zero-order chi connectivity index (χ0) is 9.10. The summed E-state index contributed by atoms with van der Waals surface area (Å²) >= 11 is 0. The summed E-state index contributed by atoms with van der Waals surface area (Å²) in [6, 6.07) is 0.359. The van der Waals surface area contributed by atoms with Crippen molar-refractivity contribution in [2.24, 2.45) is 5.92 Å². The van der Waals surface area contributed by atoms with Gasteiger partial charge >= 0.3 is 6.01 Å². The third kappa shape index (κ3) is 2.24. The lowest BCUT2D eigenvalue weighted by Gasteiger charge is -2.01. The van der Waals surface area contributed by atoms with E-state index in [1.165, 1.54) is 25.2 Å². The van der Waals surface area contributed by atoms with Crippen molar-refractivity contribution in [3.8, 4) is 6.01 Å². The molecule has 0 bridgehead atoms. The monoisotopic (exact) mass is 178 g/mol. The van der Waals surface area contributed by atoms with Crippen molar-refractivity contribution in [3.63, 3.8) is 0 Å². The first-order valence-electron chi connectivity index (χ1n) is 4.28. The van der Waals surface area contributed by atoms with E-state index in [0.29, 0.717) is 30.4 Å². The van der Waals surface area contributed by atoms with Gasteiger partial charge in [-0.1, -0.05) is 0 Å². The molecule has 0 N–H and O–H groups in total. The number of aldehydes is 1. The molecule has 4 nitrogen and oxygen atoms in total. The predicted octanol–water partition coefficient (Wildman–Crippen LogP) is 1.08. The van der Waals surface area contributed by atoms with Crippen molar-refractivity contribution in [3.05, 3.63) is 18.0 Å². The summed E-state index contributed by atoms with van der Waals surface area (Å²) < 4.78 is 5.29. The molecule has 1 aliphatic rings. The molecule has 1 fully saturated rings. The van der Waals surface area contributed by atoms with E-state index in [-0.39, 0.29) is 0 Å². The first-order chi connectivity index (χ1) is 6.38. The fourth-order valence-electron chi connectivity index (χ4n) is 0.938. The molecule has 0 aliphatic heterocycles. The lowest BCUT2D eigenvalue weighted by molar-refractivity contribution is 0.112. The average molecular weight is 178 g/mol. The predicted molar refractivity (Wildman–Crippen MR) is 45.6 cm³/mol. The van der Waals surface area contributed by atoms with E-state index in [4.69, 9.17) is 4.74 Å². The number of nitrogens with zero attached hydrogens (tertiary/aromatic N) is 2. The highest BCUT2D eigenvalue weighted by molar-refractivity contribution is 5.73. The fraction of sp³-hybridized carbons (Fsp3) is 0.444. The molecule has 0 spiro atoms. The van der Waals surface area contributed by atoms with Crippen molar-refractivity contribution in [2.75, 3.05) is 6.61 Å². The van der Waals surface area contributed by atoms with Crippen LogP contribution in [0.2, 0.25) is 0 Å². The maximum absolute atomic E-state index is 10.3. The largest absolute Gasteiger partial charge is 0.463 e. The molecular formula is C9H10N2O2. The van der Waals surface area contributed by atoms with Crippen LogP contribution in [-0.2, 0) is 0 Å². The van der Waals surface area contributed by atoms with Crippen molar-refractivity contribution in [1.29, 1.82) is 0 Å². The third-order valence-corrected chi connectivity index (χ3v) is 1.93. The molecule has 68 valence electrons. The zero-order valence-corrected chi connectivity index (χ0v) is 7.14. The molecule has 0 radical (unpaired) electrons. The van der Waals surface area contributed by atoms with Crippen LogP contribution in [0.25, 0.3) is 0 Å².